The van der Waals surface area contributed by atoms with E-state index in [1.54, 1.807) is 6.20 Å². The van der Waals surface area contributed by atoms with Crippen LogP contribution in [0, 0.1) is 0 Å². The molecule has 0 spiro atoms. The minimum Gasteiger partial charge on any atom is -0.365 e. The Balaban J connectivity index is 1.56. The predicted octanol–water partition coefficient (Wildman–Crippen LogP) is 2.96. The first kappa shape index (κ1) is 19.4. The third-order valence-electron chi connectivity index (χ3n) is 5.25. The maximum atomic E-state index is 4.77. The second-order valence-corrected chi connectivity index (χ2v) is 8.93. The van der Waals surface area contributed by atoms with Crippen LogP contribution < -0.4 is 15.1 Å². The van der Waals surface area contributed by atoms with Gasteiger partial charge in [-0.15, -0.1) is 0 Å². The molecule has 0 saturated carbocycles. The Kier molecular flexibility index (Phi) is 5.02. The quantitative estimate of drug-likeness (QED) is 0.729. The summed E-state index contributed by atoms with van der Waals surface area (Å²) >= 11 is 0. The van der Waals surface area contributed by atoms with Crippen molar-refractivity contribution in [2.45, 2.75) is 45.1 Å². The van der Waals surface area contributed by atoms with Crippen LogP contribution in [0.1, 0.15) is 39.3 Å². The van der Waals surface area contributed by atoms with Crippen LogP contribution in [-0.4, -0.2) is 57.8 Å². The van der Waals surface area contributed by atoms with Gasteiger partial charge in [-0.25, -0.2) is 14.5 Å². The highest BCUT2D eigenvalue weighted by Gasteiger charge is 2.25. The molecule has 4 rings (SSSR count). The Morgan fingerprint density at radius 1 is 1.17 bits per heavy atom. The lowest BCUT2D eigenvalue weighted by Gasteiger charge is -2.34. The topological polar surface area (TPSA) is 74.5 Å². The summed E-state index contributed by atoms with van der Waals surface area (Å²) in [6, 6.07) is 4.41. The zero-order chi connectivity index (χ0) is 20.6. The molecule has 0 radical (unpaired) electrons. The normalized spacial score (nSPS) is 17.6. The number of anilines is 3. The largest absolute Gasteiger partial charge is 0.365 e. The van der Waals surface area contributed by atoms with Crippen LogP contribution in [0.15, 0.2) is 30.7 Å². The molecular weight excluding hydrogens is 364 g/mol. The summed E-state index contributed by atoms with van der Waals surface area (Å²) in [4.78, 5) is 17.9. The summed E-state index contributed by atoms with van der Waals surface area (Å²) in [6.07, 6.45) is 7.78. The van der Waals surface area contributed by atoms with Gasteiger partial charge in [0.25, 0.3) is 0 Å². The smallest absolute Gasteiger partial charge is 0.226 e. The molecule has 3 aromatic heterocycles. The van der Waals surface area contributed by atoms with E-state index in [9.17, 15) is 0 Å². The van der Waals surface area contributed by atoms with E-state index in [0.29, 0.717) is 12.0 Å². The van der Waals surface area contributed by atoms with Crippen molar-refractivity contribution in [3.05, 3.63) is 36.4 Å². The van der Waals surface area contributed by atoms with Gasteiger partial charge in [0.15, 0.2) is 5.82 Å². The lowest BCUT2D eigenvalue weighted by Crippen LogP contribution is -2.42. The molecule has 8 nitrogen and oxygen atoms in total. The SMILES string of the molecule is CN(C)c1nccc(NC2CCCN(c3nccn4nc(C(C)(C)C)cc34)C2)n1. The molecule has 8 heteroatoms. The number of nitrogens with zero attached hydrogens (tertiary/aromatic N) is 7. The molecule has 0 aliphatic carbocycles. The molecule has 1 N–H and O–H groups in total. The van der Waals surface area contributed by atoms with Gasteiger partial charge in [-0.1, -0.05) is 20.8 Å². The first-order chi connectivity index (χ1) is 13.8. The van der Waals surface area contributed by atoms with Gasteiger partial charge in [0.05, 0.1) is 5.69 Å². The molecule has 3 aromatic rings. The van der Waals surface area contributed by atoms with E-state index in [0.717, 1.165) is 48.8 Å². The zero-order valence-electron chi connectivity index (χ0n) is 17.9. The van der Waals surface area contributed by atoms with Crippen molar-refractivity contribution in [2.24, 2.45) is 0 Å². The first-order valence-electron chi connectivity index (χ1n) is 10.2. The molecule has 1 fully saturated rings. The highest BCUT2D eigenvalue weighted by Crippen LogP contribution is 2.28. The first-order valence-corrected chi connectivity index (χ1v) is 10.2. The highest BCUT2D eigenvalue weighted by atomic mass is 15.3. The third kappa shape index (κ3) is 4.11. The van der Waals surface area contributed by atoms with Gasteiger partial charge in [0.1, 0.15) is 11.3 Å². The number of aromatic nitrogens is 5. The Bertz CT molecular complexity index is 988. The number of hydrogen-bond acceptors (Lipinski definition) is 7. The average Bonchev–Trinajstić information content (AvgIpc) is 3.13. The van der Waals surface area contributed by atoms with E-state index in [1.165, 1.54) is 0 Å². The third-order valence-corrected chi connectivity index (χ3v) is 5.25. The standard InChI is InChI=1S/C21H30N8/c1-21(2,3)17-13-16-19(22-10-12-29(16)26-17)28-11-6-7-15(14-28)24-18-8-9-23-20(25-18)27(4)5/h8-10,12-13,15H,6-7,11,14H2,1-5H3,(H,23,24,25). The van der Waals surface area contributed by atoms with Crippen molar-refractivity contribution in [3.63, 3.8) is 0 Å². The van der Waals surface area contributed by atoms with Gasteiger partial charge in [-0.3, -0.25) is 0 Å². The molecule has 1 aliphatic heterocycles. The maximum Gasteiger partial charge on any atom is 0.226 e. The highest BCUT2D eigenvalue weighted by molar-refractivity contribution is 5.69. The van der Waals surface area contributed by atoms with Crippen molar-refractivity contribution < 1.29 is 0 Å². The minimum absolute atomic E-state index is 0.00639. The molecule has 1 unspecified atom stereocenters. The van der Waals surface area contributed by atoms with Crippen molar-refractivity contribution in [2.75, 3.05) is 42.3 Å². The van der Waals surface area contributed by atoms with Gasteiger partial charge in [-0.2, -0.15) is 10.1 Å². The molecule has 29 heavy (non-hydrogen) atoms. The molecular formula is C21H30N8. The Hall–Kier alpha value is -2.90. The van der Waals surface area contributed by atoms with E-state index in [2.05, 4.69) is 47.0 Å². The average molecular weight is 395 g/mol. The molecule has 154 valence electrons. The lowest BCUT2D eigenvalue weighted by molar-refractivity contribution is 0.526. The van der Waals surface area contributed by atoms with Crippen molar-refractivity contribution >= 4 is 23.1 Å². The fraction of sp³-hybridized carbons (Fsp3) is 0.524. The number of hydrogen-bond donors (Lipinski definition) is 1. The Labute approximate surface area is 172 Å². The molecule has 0 amide bonds. The summed E-state index contributed by atoms with van der Waals surface area (Å²) in [5, 5.41) is 8.35. The fourth-order valence-electron chi connectivity index (χ4n) is 3.66. The monoisotopic (exact) mass is 394 g/mol. The predicted molar refractivity (Wildman–Crippen MR) is 117 cm³/mol. The zero-order valence-corrected chi connectivity index (χ0v) is 17.9. The van der Waals surface area contributed by atoms with Gasteiger partial charge < -0.3 is 15.1 Å². The second kappa shape index (κ2) is 7.50. The van der Waals surface area contributed by atoms with E-state index in [4.69, 9.17) is 10.1 Å². The summed E-state index contributed by atoms with van der Waals surface area (Å²) in [6.45, 7) is 8.43. The van der Waals surface area contributed by atoms with Crippen LogP contribution >= 0.6 is 0 Å². The van der Waals surface area contributed by atoms with Gasteiger partial charge in [0, 0.05) is 57.2 Å². The van der Waals surface area contributed by atoms with Crippen molar-refractivity contribution in [3.8, 4) is 0 Å². The maximum absolute atomic E-state index is 4.77. The van der Waals surface area contributed by atoms with E-state index >= 15 is 0 Å². The van der Waals surface area contributed by atoms with Gasteiger partial charge in [0.2, 0.25) is 5.95 Å². The van der Waals surface area contributed by atoms with Crippen LogP contribution in [0.2, 0.25) is 0 Å². The number of nitrogens with one attached hydrogen (secondary N) is 1. The fourth-order valence-corrected chi connectivity index (χ4v) is 3.66. The molecule has 1 aliphatic rings. The van der Waals surface area contributed by atoms with Crippen molar-refractivity contribution in [1.82, 2.24) is 24.6 Å². The summed E-state index contributed by atoms with van der Waals surface area (Å²) in [5.74, 6) is 2.57. The second-order valence-electron chi connectivity index (χ2n) is 8.93. The van der Waals surface area contributed by atoms with Crippen LogP contribution in [0.3, 0.4) is 0 Å². The van der Waals surface area contributed by atoms with Crippen LogP contribution in [0.4, 0.5) is 17.6 Å². The molecule has 4 heterocycles. The van der Waals surface area contributed by atoms with Crippen molar-refractivity contribution in [1.29, 1.82) is 0 Å². The van der Waals surface area contributed by atoms with Crippen LogP contribution in [0.25, 0.3) is 5.52 Å². The molecule has 1 atom stereocenters. The summed E-state index contributed by atoms with van der Waals surface area (Å²) < 4.78 is 1.95. The number of piperidine rings is 1. The number of rotatable bonds is 4. The van der Waals surface area contributed by atoms with Crippen LogP contribution in [0.5, 0.6) is 0 Å². The summed E-state index contributed by atoms with van der Waals surface area (Å²) in [5.41, 5.74) is 2.15. The number of fused-ring (bicyclic) bond motifs is 1. The van der Waals surface area contributed by atoms with E-state index < -0.39 is 0 Å². The molecule has 0 bridgehead atoms. The molecule has 0 aromatic carbocycles. The van der Waals surface area contributed by atoms with Gasteiger partial charge >= 0.3 is 0 Å². The van der Waals surface area contributed by atoms with Gasteiger partial charge in [-0.05, 0) is 25.0 Å². The summed E-state index contributed by atoms with van der Waals surface area (Å²) in [7, 11) is 3.90. The minimum atomic E-state index is 0.00639. The Morgan fingerprint density at radius 2 is 2.00 bits per heavy atom. The van der Waals surface area contributed by atoms with Crippen LogP contribution in [-0.2, 0) is 5.41 Å². The van der Waals surface area contributed by atoms with E-state index in [-0.39, 0.29) is 5.41 Å². The van der Waals surface area contributed by atoms with E-state index in [1.807, 2.05) is 42.0 Å². The Morgan fingerprint density at radius 3 is 2.76 bits per heavy atom. The molecule has 1 saturated heterocycles. The lowest BCUT2D eigenvalue weighted by atomic mass is 9.92.